The number of carbonyl (C=O) groups excluding carboxylic acids is 2. The number of likely N-dealkylation sites (N-methyl/N-ethyl adjacent to an activating group) is 1. The molecule has 0 saturated heterocycles. The van der Waals surface area contributed by atoms with Crippen molar-refractivity contribution in [1.82, 2.24) is 10.2 Å². The van der Waals surface area contributed by atoms with Gasteiger partial charge in [-0.1, -0.05) is 36.4 Å². The average Bonchev–Trinajstić information content (AvgIpc) is 2.64. The van der Waals surface area contributed by atoms with E-state index in [9.17, 15) is 9.59 Å². The van der Waals surface area contributed by atoms with Gasteiger partial charge in [-0.2, -0.15) is 0 Å². The van der Waals surface area contributed by atoms with Crippen molar-refractivity contribution in [1.29, 1.82) is 0 Å². The Bertz CT molecular complexity index is 847. The largest absolute Gasteiger partial charge is 0.325 e. The highest BCUT2D eigenvalue weighted by atomic mass is 16.2. The molecule has 5 nitrogen and oxygen atoms in total. The lowest BCUT2D eigenvalue weighted by Crippen LogP contribution is -2.42. The fourth-order valence-corrected chi connectivity index (χ4v) is 3.73. The van der Waals surface area contributed by atoms with Gasteiger partial charge in [0.05, 0.1) is 6.54 Å². The van der Waals surface area contributed by atoms with Crippen LogP contribution in [0.3, 0.4) is 0 Å². The number of carbonyl (C=O) groups is 2. The molecule has 1 aliphatic rings. The third kappa shape index (κ3) is 4.55. The molecule has 2 aromatic carbocycles. The van der Waals surface area contributed by atoms with Crippen LogP contribution in [0.4, 0.5) is 10.5 Å². The minimum Gasteiger partial charge on any atom is -0.307 e. The SMILES string of the molecule is Cc1cccc(NC(=O)NC(=O)CN(C)[C@H]2CCCc3ccccc32)c1C. The van der Waals surface area contributed by atoms with E-state index < -0.39 is 6.03 Å². The quantitative estimate of drug-likeness (QED) is 0.862. The molecule has 0 fully saturated rings. The molecule has 3 rings (SSSR count). The van der Waals surface area contributed by atoms with Crippen molar-refractivity contribution >= 4 is 17.6 Å². The minimum atomic E-state index is -0.494. The highest BCUT2D eigenvalue weighted by Gasteiger charge is 2.25. The summed E-state index contributed by atoms with van der Waals surface area (Å²) in [6.45, 7) is 4.11. The maximum absolute atomic E-state index is 12.3. The maximum atomic E-state index is 12.3. The molecule has 3 amide bonds. The number of benzene rings is 2. The number of fused-ring (bicyclic) bond motifs is 1. The number of rotatable bonds is 4. The highest BCUT2D eigenvalue weighted by Crippen LogP contribution is 2.33. The van der Waals surface area contributed by atoms with E-state index in [1.807, 2.05) is 50.1 Å². The van der Waals surface area contributed by atoms with Gasteiger partial charge in [0.1, 0.15) is 0 Å². The van der Waals surface area contributed by atoms with Gasteiger partial charge in [-0.25, -0.2) is 4.79 Å². The lowest BCUT2D eigenvalue weighted by Gasteiger charge is -2.32. The number of nitrogens with one attached hydrogen (secondary N) is 2. The second-order valence-corrected chi connectivity index (χ2v) is 7.27. The van der Waals surface area contributed by atoms with Crippen LogP contribution < -0.4 is 10.6 Å². The van der Waals surface area contributed by atoms with E-state index in [2.05, 4.69) is 28.8 Å². The van der Waals surface area contributed by atoms with E-state index in [0.29, 0.717) is 0 Å². The van der Waals surface area contributed by atoms with Gasteiger partial charge < -0.3 is 5.32 Å². The first-order valence-corrected chi connectivity index (χ1v) is 9.41. The molecular formula is C22H27N3O2. The third-order valence-corrected chi connectivity index (χ3v) is 5.37. The van der Waals surface area contributed by atoms with Gasteiger partial charge >= 0.3 is 6.03 Å². The molecule has 1 aliphatic carbocycles. The van der Waals surface area contributed by atoms with Crippen LogP contribution in [0.25, 0.3) is 0 Å². The van der Waals surface area contributed by atoms with Crippen LogP contribution in [0.15, 0.2) is 42.5 Å². The molecule has 142 valence electrons. The molecule has 1 atom stereocenters. The summed E-state index contributed by atoms with van der Waals surface area (Å²) in [4.78, 5) is 26.6. The van der Waals surface area contributed by atoms with E-state index in [-0.39, 0.29) is 18.5 Å². The number of nitrogens with zero attached hydrogens (tertiary/aromatic N) is 1. The summed E-state index contributed by atoms with van der Waals surface area (Å²) in [7, 11) is 1.94. The summed E-state index contributed by atoms with van der Waals surface area (Å²) < 4.78 is 0. The first-order chi connectivity index (χ1) is 13.0. The number of hydrogen-bond donors (Lipinski definition) is 2. The van der Waals surface area contributed by atoms with Crippen LogP contribution in [0, 0.1) is 13.8 Å². The summed E-state index contributed by atoms with van der Waals surface area (Å²) >= 11 is 0. The molecule has 0 aliphatic heterocycles. The molecule has 2 aromatic rings. The highest BCUT2D eigenvalue weighted by molar-refractivity contribution is 6.02. The Labute approximate surface area is 160 Å². The predicted molar refractivity (Wildman–Crippen MR) is 108 cm³/mol. The van der Waals surface area contributed by atoms with Crippen LogP contribution in [-0.2, 0) is 11.2 Å². The lowest BCUT2D eigenvalue weighted by atomic mass is 9.87. The Morgan fingerprint density at radius 2 is 1.89 bits per heavy atom. The molecule has 5 heteroatoms. The van der Waals surface area contributed by atoms with Crippen molar-refractivity contribution in [2.75, 3.05) is 18.9 Å². The summed E-state index contributed by atoms with van der Waals surface area (Å²) in [5.41, 5.74) is 5.45. The molecule has 0 bridgehead atoms. The van der Waals surface area contributed by atoms with Gasteiger partial charge in [-0.15, -0.1) is 0 Å². The fraction of sp³-hybridized carbons (Fsp3) is 0.364. The monoisotopic (exact) mass is 365 g/mol. The Morgan fingerprint density at radius 1 is 1.11 bits per heavy atom. The number of amides is 3. The van der Waals surface area contributed by atoms with Crippen molar-refractivity contribution in [2.24, 2.45) is 0 Å². The molecule has 0 spiro atoms. The van der Waals surface area contributed by atoms with Crippen molar-refractivity contribution in [3.63, 3.8) is 0 Å². The summed E-state index contributed by atoms with van der Waals surface area (Å²) in [6.07, 6.45) is 3.22. The van der Waals surface area contributed by atoms with E-state index in [4.69, 9.17) is 0 Å². The lowest BCUT2D eigenvalue weighted by molar-refractivity contribution is -0.121. The minimum absolute atomic E-state index is 0.180. The zero-order chi connectivity index (χ0) is 19.4. The van der Waals surface area contributed by atoms with Crippen molar-refractivity contribution in [3.8, 4) is 0 Å². The predicted octanol–water partition coefficient (Wildman–Crippen LogP) is 3.96. The average molecular weight is 365 g/mol. The Balaban J connectivity index is 1.58. The second-order valence-electron chi connectivity index (χ2n) is 7.27. The van der Waals surface area contributed by atoms with Crippen LogP contribution in [0.2, 0.25) is 0 Å². The Morgan fingerprint density at radius 3 is 2.70 bits per heavy atom. The van der Waals surface area contributed by atoms with Crippen LogP contribution in [0.1, 0.15) is 41.1 Å². The summed E-state index contributed by atoms with van der Waals surface area (Å²) in [5, 5.41) is 5.20. The number of imide groups is 1. The van der Waals surface area contributed by atoms with Crippen LogP contribution >= 0.6 is 0 Å². The Hall–Kier alpha value is -2.66. The molecule has 0 saturated carbocycles. The molecule has 0 aromatic heterocycles. The van der Waals surface area contributed by atoms with E-state index in [0.717, 1.165) is 36.1 Å². The number of aryl methyl sites for hydroxylation is 2. The Kier molecular flexibility index (Phi) is 5.91. The number of hydrogen-bond acceptors (Lipinski definition) is 3. The first-order valence-electron chi connectivity index (χ1n) is 9.41. The molecule has 0 unspecified atom stereocenters. The normalized spacial score (nSPS) is 15.9. The molecule has 0 heterocycles. The van der Waals surface area contributed by atoms with Gasteiger partial charge in [-0.05, 0) is 68.5 Å². The van der Waals surface area contributed by atoms with Crippen molar-refractivity contribution < 1.29 is 9.59 Å². The standard InChI is InChI=1S/C22H27N3O2/c1-15-8-6-12-19(16(15)2)23-22(27)24-21(26)14-25(3)20-13-7-10-17-9-4-5-11-18(17)20/h4-6,8-9,11-12,20H,7,10,13-14H2,1-3H3,(H2,23,24,26,27)/t20-/m0/s1. The summed E-state index contributed by atoms with van der Waals surface area (Å²) in [5.74, 6) is -0.302. The first kappa shape index (κ1) is 19.1. The van der Waals surface area contributed by atoms with E-state index >= 15 is 0 Å². The molecule has 2 N–H and O–H groups in total. The van der Waals surface area contributed by atoms with Gasteiger partial charge in [-0.3, -0.25) is 15.0 Å². The fourth-order valence-electron chi connectivity index (χ4n) is 3.73. The topological polar surface area (TPSA) is 61.4 Å². The second kappa shape index (κ2) is 8.35. The number of urea groups is 1. The van der Waals surface area contributed by atoms with Crippen molar-refractivity contribution in [3.05, 3.63) is 64.7 Å². The summed E-state index contributed by atoms with van der Waals surface area (Å²) in [6, 6.07) is 13.8. The van der Waals surface area contributed by atoms with Crippen LogP contribution in [0.5, 0.6) is 0 Å². The molecular weight excluding hydrogens is 338 g/mol. The van der Waals surface area contributed by atoms with Gasteiger partial charge in [0.2, 0.25) is 5.91 Å². The number of anilines is 1. The van der Waals surface area contributed by atoms with Crippen LogP contribution in [-0.4, -0.2) is 30.4 Å². The van der Waals surface area contributed by atoms with Gasteiger partial charge in [0.15, 0.2) is 0 Å². The maximum Gasteiger partial charge on any atom is 0.325 e. The van der Waals surface area contributed by atoms with E-state index in [1.165, 1.54) is 11.1 Å². The third-order valence-electron chi connectivity index (χ3n) is 5.37. The molecule has 0 radical (unpaired) electrons. The van der Waals surface area contributed by atoms with Crippen molar-refractivity contribution in [2.45, 2.75) is 39.2 Å². The zero-order valence-electron chi connectivity index (χ0n) is 16.2. The van der Waals surface area contributed by atoms with Gasteiger partial charge in [0.25, 0.3) is 0 Å². The van der Waals surface area contributed by atoms with Gasteiger partial charge in [0, 0.05) is 11.7 Å². The molecule has 27 heavy (non-hydrogen) atoms. The zero-order valence-corrected chi connectivity index (χ0v) is 16.2. The van der Waals surface area contributed by atoms with E-state index in [1.54, 1.807) is 0 Å². The smallest absolute Gasteiger partial charge is 0.307 e.